The molecule has 6 rings (SSSR count). The highest BCUT2D eigenvalue weighted by atomic mass is 127. The Kier molecular flexibility index (Phi) is 19.0. The van der Waals surface area contributed by atoms with Gasteiger partial charge in [0, 0.05) is 33.0 Å². The van der Waals surface area contributed by atoms with Crippen LogP contribution < -0.4 is 18.8 Å². The standard InChI is InChI=1S/C16H16N2O4S.C13H12INO2S.C12H10INO2S.CH3F/c1-18(23(21,22)15-5-3-2-4-6-15)14-10-7-13(8-11-14)9-12-16(19)17-20;1-15(12-9-7-11(14)8-10-12)18(16,17)13-5-3-2-4-6-13;13-10-6-8-11(9-7-10)14-17(15,16)12-4-2-1-3-5-12;1-2/h2-12,20H,1H3,(H,17,19);2-10H,1H3;1-9,14H;1H3/b12-9+;;;/i;;;1D. The third-order valence-corrected chi connectivity index (χ3v) is 14.4. The van der Waals surface area contributed by atoms with E-state index in [-0.39, 0.29) is 9.79 Å². The number of nitrogens with zero attached hydrogens (tertiary/aromatic N) is 2. The zero-order valence-electron chi connectivity index (χ0n) is 33.0. The third-order valence-electron chi connectivity index (χ3n) is 7.94. The number of halogens is 3. The van der Waals surface area contributed by atoms with Crippen LogP contribution in [0.1, 0.15) is 6.93 Å². The first-order valence-electron chi connectivity index (χ1n) is 17.9. The summed E-state index contributed by atoms with van der Waals surface area (Å²) in [5.74, 6) is -0.641. The number of benzene rings is 6. The fourth-order valence-electron chi connectivity index (χ4n) is 4.77. The monoisotopic (exact) mass is 1100 g/mol. The van der Waals surface area contributed by atoms with Crippen LogP contribution in [0, 0.1) is 7.14 Å². The zero-order chi connectivity index (χ0) is 45.1. The fourth-order valence-corrected chi connectivity index (χ4v) is 9.00. The summed E-state index contributed by atoms with van der Waals surface area (Å²) >= 11 is 4.35. The summed E-state index contributed by atoms with van der Waals surface area (Å²) in [7, 11) is -8.53. The normalized spacial score (nSPS) is 11.2. The van der Waals surface area contributed by atoms with Crippen LogP contribution in [0.5, 0.6) is 0 Å². The van der Waals surface area contributed by atoms with Gasteiger partial charge in [-0.1, -0.05) is 66.7 Å². The predicted octanol–water partition coefficient (Wildman–Crippen LogP) is 8.82. The first kappa shape index (κ1) is 47.8. The van der Waals surface area contributed by atoms with Gasteiger partial charge >= 0.3 is 0 Å². The Labute approximate surface area is 379 Å². The van der Waals surface area contributed by atoms with Crippen LogP contribution in [0.15, 0.2) is 185 Å². The van der Waals surface area contributed by atoms with Crippen LogP contribution in [0.4, 0.5) is 21.5 Å². The van der Waals surface area contributed by atoms with E-state index in [4.69, 9.17) is 6.58 Å². The van der Waals surface area contributed by atoms with Gasteiger partial charge in [0.1, 0.15) is 0 Å². The van der Waals surface area contributed by atoms with Crippen molar-refractivity contribution in [2.24, 2.45) is 0 Å². The first-order chi connectivity index (χ1) is 29.0. The van der Waals surface area contributed by atoms with Gasteiger partial charge in [0.25, 0.3) is 36.0 Å². The Morgan fingerprint density at radius 3 is 1.33 bits per heavy atom. The van der Waals surface area contributed by atoms with Gasteiger partial charge in [0.2, 0.25) is 0 Å². The van der Waals surface area contributed by atoms with E-state index >= 15 is 0 Å². The van der Waals surface area contributed by atoms with Gasteiger partial charge in [0.05, 0.1) is 34.6 Å². The molecule has 3 N–H and O–H groups in total. The Balaban J connectivity index is 0.000000239. The number of rotatable bonds is 11. The lowest BCUT2D eigenvalue weighted by molar-refractivity contribution is -0.124. The van der Waals surface area contributed by atoms with Crippen LogP contribution in [0.3, 0.4) is 0 Å². The van der Waals surface area contributed by atoms with Gasteiger partial charge in [0.15, 0.2) is 0 Å². The molecule has 0 unspecified atom stereocenters. The molecule has 0 atom stereocenters. The lowest BCUT2D eigenvalue weighted by atomic mass is 10.2. The summed E-state index contributed by atoms with van der Waals surface area (Å²) in [6.07, 6.45) is 2.67. The van der Waals surface area contributed by atoms with E-state index in [1.807, 2.05) is 24.3 Å². The molecule has 18 heteroatoms. The van der Waals surface area contributed by atoms with Crippen molar-refractivity contribution < 1.29 is 41.0 Å². The Morgan fingerprint density at radius 2 is 0.950 bits per heavy atom. The number of carbonyl (C=O) groups excluding carboxylic acids is 1. The van der Waals surface area contributed by atoms with Crippen molar-refractivity contribution in [2.45, 2.75) is 14.7 Å². The highest BCUT2D eigenvalue weighted by molar-refractivity contribution is 14.1. The van der Waals surface area contributed by atoms with Gasteiger partial charge in [-0.25, -0.2) is 30.7 Å². The van der Waals surface area contributed by atoms with E-state index in [9.17, 15) is 34.4 Å². The highest BCUT2D eigenvalue weighted by Gasteiger charge is 2.22. The molecule has 316 valence electrons. The molecular formula is C42H41FI2N4O8S3. The topological polar surface area (TPSA) is 170 Å². The minimum atomic E-state index is -3.62. The molecule has 60 heavy (non-hydrogen) atoms. The minimum Gasteiger partial charge on any atom is -0.288 e. The SMILES string of the molecule is CN(c1ccc(/C=C/C(=O)NO)cc1)S(=O)(=O)c1ccccc1.CN(c1ccc(I)cc1)S(=O)(=O)c1ccccc1.O=S(=O)(Nc1ccc(I)cc1)c1ccccc1.[2H]CF. The Hall–Kier alpha value is -4.87. The van der Waals surface area contributed by atoms with Gasteiger partial charge in [-0.2, -0.15) is 0 Å². The maximum Gasteiger partial charge on any atom is 0.267 e. The summed E-state index contributed by atoms with van der Waals surface area (Å²) in [5, 5.41) is 8.40. The maximum atomic E-state index is 12.5. The molecule has 0 aliphatic carbocycles. The van der Waals surface area contributed by atoms with Crippen LogP contribution in [-0.2, 0) is 34.9 Å². The van der Waals surface area contributed by atoms with E-state index in [0.29, 0.717) is 27.5 Å². The summed E-state index contributed by atoms with van der Waals surface area (Å²) in [5.41, 5.74) is 3.90. The molecule has 0 aliphatic rings. The lowest BCUT2D eigenvalue weighted by Crippen LogP contribution is -2.26. The predicted molar refractivity (Wildman–Crippen MR) is 252 cm³/mol. The number of carbonyl (C=O) groups is 1. The number of sulfonamides is 3. The average Bonchev–Trinajstić information content (AvgIpc) is 3.28. The number of hydroxylamine groups is 1. The van der Waals surface area contributed by atoms with E-state index < -0.39 is 43.1 Å². The molecule has 12 nitrogen and oxygen atoms in total. The molecule has 0 aliphatic heterocycles. The largest absolute Gasteiger partial charge is 0.288 e. The van der Waals surface area contributed by atoms with E-state index in [1.165, 1.54) is 45.4 Å². The van der Waals surface area contributed by atoms with Crippen molar-refractivity contribution >= 4 is 104 Å². The second kappa shape index (κ2) is 23.8. The fraction of sp³-hybridized carbons (Fsp3) is 0.0714. The quantitative estimate of drug-likeness (QED) is 0.0501. The second-order valence-corrected chi connectivity index (χ2v) is 20.0. The summed E-state index contributed by atoms with van der Waals surface area (Å²) in [4.78, 5) is 11.7. The summed E-state index contributed by atoms with van der Waals surface area (Å²) < 4.78 is 96.3. The van der Waals surface area contributed by atoms with Gasteiger partial charge in [-0.05, 0) is 154 Å². The molecule has 0 saturated carbocycles. The third kappa shape index (κ3) is 14.7. The molecule has 0 aromatic heterocycles. The number of hydrogen-bond acceptors (Lipinski definition) is 8. The van der Waals surface area contributed by atoms with E-state index in [2.05, 4.69) is 49.9 Å². The van der Waals surface area contributed by atoms with Crippen molar-refractivity contribution in [1.29, 1.82) is 0 Å². The minimum absolute atomic E-state index is 0.214. The van der Waals surface area contributed by atoms with Crippen LogP contribution in [0.2, 0.25) is 0 Å². The van der Waals surface area contributed by atoms with E-state index in [1.54, 1.807) is 134 Å². The molecular weight excluding hydrogens is 1060 g/mol. The molecule has 6 aromatic carbocycles. The zero-order valence-corrected chi connectivity index (χ0v) is 38.8. The molecule has 0 bridgehead atoms. The molecule has 0 saturated heterocycles. The van der Waals surface area contributed by atoms with Crippen molar-refractivity contribution in [2.75, 3.05) is 34.6 Å². The molecule has 0 fully saturated rings. The van der Waals surface area contributed by atoms with Crippen molar-refractivity contribution in [3.8, 4) is 0 Å². The highest BCUT2D eigenvalue weighted by Crippen LogP contribution is 2.24. The lowest BCUT2D eigenvalue weighted by Gasteiger charge is -2.19. The number of hydrogen-bond donors (Lipinski definition) is 3. The average molecular weight is 1100 g/mol. The summed E-state index contributed by atoms with van der Waals surface area (Å²) in [6.45, 7) is 0. The number of amides is 1. The van der Waals surface area contributed by atoms with Crippen molar-refractivity contribution in [3.63, 3.8) is 0 Å². The molecule has 6 aromatic rings. The van der Waals surface area contributed by atoms with Crippen LogP contribution in [-0.4, -0.2) is 57.6 Å². The van der Waals surface area contributed by atoms with Crippen molar-refractivity contribution in [1.82, 2.24) is 5.48 Å². The Bertz CT molecular complexity index is 2640. The number of alkyl halides is 1. The van der Waals surface area contributed by atoms with Gasteiger partial charge < -0.3 is 0 Å². The molecule has 0 radical (unpaired) electrons. The molecule has 1 amide bonds. The molecule has 0 spiro atoms. The van der Waals surface area contributed by atoms with Crippen molar-refractivity contribution in [3.05, 3.63) is 183 Å². The van der Waals surface area contributed by atoms with Gasteiger partial charge in [-0.15, -0.1) is 0 Å². The summed E-state index contributed by atoms with van der Waals surface area (Å²) in [6, 6.07) is 46.0. The Morgan fingerprint density at radius 1 is 0.600 bits per heavy atom. The van der Waals surface area contributed by atoms with Gasteiger partial charge in [-0.3, -0.25) is 27.7 Å². The van der Waals surface area contributed by atoms with Crippen LogP contribution in [0.25, 0.3) is 6.08 Å². The smallest absolute Gasteiger partial charge is 0.267 e. The second-order valence-electron chi connectivity index (χ2n) is 11.9. The number of nitrogens with one attached hydrogen (secondary N) is 2. The first-order valence-corrected chi connectivity index (χ1v) is 23.7. The number of anilines is 3. The van der Waals surface area contributed by atoms with Crippen LogP contribution >= 0.6 is 45.2 Å². The maximum absolute atomic E-state index is 12.5. The van der Waals surface area contributed by atoms with E-state index in [0.717, 1.165) is 7.14 Å². The molecule has 0 heterocycles.